The van der Waals surface area contributed by atoms with Crippen molar-refractivity contribution in [3.05, 3.63) is 16.1 Å². The smallest absolute Gasteiger partial charge is 0.263 e. The lowest BCUT2D eigenvalue weighted by Gasteiger charge is -2.21. The molecule has 0 radical (unpaired) electrons. The number of nitrogens with zero attached hydrogens (tertiary/aromatic N) is 1. The fourth-order valence-electron chi connectivity index (χ4n) is 1.72. The first-order valence-corrected chi connectivity index (χ1v) is 6.89. The standard InChI is InChI=1S/C12H15N3O3S/c1-6(2)12-13-5-8(19-12)11(18)14-7-3-4-9(16)15-10(7)17/h5-7H,3-4H2,1-2H3,(H,14,18)(H,15,16,17). The predicted molar refractivity (Wildman–Crippen MR) is 69.8 cm³/mol. The van der Waals surface area contributed by atoms with Crippen LogP contribution in [0.5, 0.6) is 0 Å². The number of carbonyl (C=O) groups excluding carboxylic acids is 3. The number of aromatic nitrogens is 1. The summed E-state index contributed by atoms with van der Waals surface area (Å²) >= 11 is 1.32. The lowest BCUT2D eigenvalue weighted by Crippen LogP contribution is -2.52. The summed E-state index contributed by atoms with van der Waals surface area (Å²) in [5, 5.41) is 5.71. The molecule has 0 aromatic carbocycles. The molecule has 102 valence electrons. The molecule has 1 fully saturated rings. The second kappa shape index (κ2) is 5.48. The van der Waals surface area contributed by atoms with E-state index in [1.807, 2.05) is 13.8 Å². The fraction of sp³-hybridized carbons (Fsp3) is 0.500. The zero-order chi connectivity index (χ0) is 14.0. The van der Waals surface area contributed by atoms with Crippen LogP contribution in [-0.2, 0) is 9.59 Å². The predicted octanol–water partition coefficient (Wildman–Crippen LogP) is 0.801. The first-order valence-electron chi connectivity index (χ1n) is 6.07. The summed E-state index contributed by atoms with van der Waals surface area (Å²) in [5.41, 5.74) is 0. The number of rotatable bonds is 3. The van der Waals surface area contributed by atoms with Crippen LogP contribution >= 0.6 is 11.3 Å². The highest BCUT2D eigenvalue weighted by Gasteiger charge is 2.28. The zero-order valence-corrected chi connectivity index (χ0v) is 11.5. The average molecular weight is 281 g/mol. The Labute approximate surface area is 114 Å². The molecule has 1 aromatic heterocycles. The molecule has 1 unspecified atom stereocenters. The van der Waals surface area contributed by atoms with Crippen molar-refractivity contribution in [2.24, 2.45) is 0 Å². The monoisotopic (exact) mass is 281 g/mol. The molecule has 6 nitrogen and oxygen atoms in total. The van der Waals surface area contributed by atoms with Gasteiger partial charge in [0.25, 0.3) is 5.91 Å². The van der Waals surface area contributed by atoms with Gasteiger partial charge in [0.15, 0.2) is 0 Å². The van der Waals surface area contributed by atoms with Crippen LogP contribution in [0.4, 0.5) is 0 Å². The van der Waals surface area contributed by atoms with Crippen molar-refractivity contribution in [2.45, 2.75) is 38.6 Å². The minimum Gasteiger partial charge on any atom is -0.339 e. The molecule has 0 spiro atoms. The molecular weight excluding hydrogens is 266 g/mol. The summed E-state index contributed by atoms with van der Waals surface area (Å²) in [6.07, 6.45) is 2.10. The van der Waals surface area contributed by atoms with E-state index in [1.54, 1.807) is 0 Å². The number of amides is 3. The van der Waals surface area contributed by atoms with Crippen molar-refractivity contribution in [3.63, 3.8) is 0 Å². The molecule has 1 atom stereocenters. The van der Waals surface area contributed by atoms with Crippen molar-refractivity contribution in [3.8, 4) is 0 Å². The summed E-state index contributed by atoms with van der Waals surface area (Å²) in [7, 11) is 0. The molecule has 2 rings (SSSR count). The number of nitrogens with one attached hydrogen (secondary N) is 2. The highest BCUT2D eigenvalue weighted by atomic mass is 32.1. The first kappa shape index (κ1) is 13.7. The van der Waals surface area contributed by atoms with E-state index in [9.17, 15) is 14.4 Å². The Bertz CT molecular complexity index is 524. The summed E-state index contributed by atoms with van der Waals surface area (Å²) in [5.74, 6) is -0.797. The second-order valence-electron chi connectivity index (χ2n) is 4.69. The van der Waals surface area contributed by atoms with Gasteiger partial charge >= 0.3 is 0 Å². The quantitative estimate of drug-likeness (QED) is 0.802. The lowest BCUT2D eigenvalue weighted by molar-refractivity contribution is -0.134. The van der Waals surface area contributed by atoms with Gasteiger partial charge in [-0.05, 0) is 6.42 Å². The van der Waals surface area contributed by atoms with Crippen LogP contribution in [0.2, 0.25) is 0 Å². The van der Waals surface area contributed by atoms with Gasteiger partial charge in [0.1, 0.15) is 10.9 Å². The SMILES string of the molecule is CC(C)c1ncc(C(=O)NC2CCC(=O)NC2=O)s1. The number of thiazole rings is 1. The van der Waals surface area contributed by atoms with E-state index in [0.29, 0.717) is 11.3 Å². The van der Waals surface area contributed by atoms with Gasteiger partial charge in [0.05, 0.1) is 11.2 Å². The van der Waals surface area contributed by atoms with Gasteiger partial charge in [-0.25, -0.2) is 4.98 Å². The van der Waals surface area contributed by atoms with Crippen LogP contribution in [0.15, 0.2) is 6.20 Å². The Balaban J connectivity index is 2.00. The van der Waals surface area contributed by atoms with Gasteiger partial charge in [-0.2, -0.15) is 0 Å². The minimum absolute atomic E-state index is 0.247. The third-order valence-corrected chi connectivity index (χ3v) is 4.08. The molecule has 1 aliphatic rings. The second-order valence-corrected chi connectivity index (χ2v) is 5.76. The number of imide groups is 1. The number of hydrogen-bond acceptors (Lipinski definition) is 5. The molecule has 19 heavy (non-hydrogen) atoms. The van der Waals surface area contributed by atoms with E-state index in [-0.39, 0.29) is 24.2 Å². The molecule has 2 N–H and O–H groups in total. The topological polar surface area (TPSA) is 88.2 Å². The van der Waals surface area contributed by atoms with E-state index in [1.165, 1.54) is 17.5 Å². The van der Waals surface area contributed by atoms with Crippen LogP contribution in [0.3, 0.4) is 0 Å². The highest BCUT2D eigenvalue weighted by Crippen LogP contribution is 2.21. The van der Waals surface area contributed by atoms with Crippen molar-refractivity contribution in [1.82, 2.24) is 15.6 Å². The Morgan fingerprint density at radius 2 is 2.26 bits per heavy atom. The van der Waals surface area contributed by atoms with Gasteiger partial charge in [-0.15, -0.1) is 11.3 Å². The Morgan fingerprint density at radius 1 is 1.53 bits per heavy atom. The Hall–Kier alpha value is -1.76. The molecule has 0 bridgehead atoms. The number of hydrogen-bond donors (Lipinski definition) is 2. The number of piperidine rings is 1. The molecule has 1 aromatic rings. The molecule has 0 saturated carbocycles. The average Bonchev–Trinajstić information content (AvgIpc) is 2.82. The maximum atomic E-state index is 12.0. The lowest BCUT2D eigenvalue weighted by atomic mass is 10.1. The van der Waals surface area contributed by atoms with Gasteiger partial charge in [-0.1, -0.05) is 13.8 Å². The van der Waals surface area contributed by atoms with Gasteiger partial charge < -0.3 is 5.32 Å². The number of carbonyl (C=O) groups is 3. The van der Waals surface area contributed by atoms with Gasteiger partial charge in [0, 0.05) is 12.3 Å². The highest BCUT2D eigenvalue weighted by molar-refractivity contribution is 7.13. The minimum atomic E-state index is -0.644. The van der Waals surface area contributed by atoms with E-state index in [4.69, 9.17) is 0 Å². The van der Waals surface area contributed by atoms with Crippen molar-refractivity contribution >= 4 is 29.1 Å². The molecule has 1 saturated heterocycles. The molecular formula is C12H15N3O3S. The summed E-state index contributed by atoms with van der Waals surface area (Å²) in [4.78, 5) is 39.1. The van der Waals surface area contributed by atoms with Gasteiger partial charge in [0.2, 0.25) is 11.8 Å². The summed E-state index contributed by atoms with van der Waals surface area (Å²) < 4.78 is 0. The first-order chi connectivity index (χ1) is 8.97. The van der Waals surface area contributed by atoms with E-state index >= 15 is 0 Å². The van der Waals surface area contributed by atoms with Crippen molar-refractivity contribution in [2.75, 3.05) is 0 Å². The zero-order valence-electron chi connectivity index (χ0n) is 10.7. The summed E-state index contributed by atoms with van der Waals surface area (Å²) in [6.45, 7) is 4.00. The third kappa shape index (κ3) is 3.17. The molecule has 0 aliphatic carbocycles. The van der Waals surface area contributed by atoms with Crippen molar-refractivity contribution < 1.29 is 14.4 Å². The maximum absolute atomic E-state index is 12.0. The van der Waals surface area contributed by atoms with E-state index in [2.05, 4.69) is 15.6 Å². The molecule has 7 heteroatoms. The van der Waals surface area contributed by atoms with Gasteiger partial charge in [-0.3, -0.25) is 19.7 Å². The summed E-state index contributed by atoms with van der Waals surface area (Å²) in [6, 6.07) is -0.644. The van der Waals surface area contributed by atoms with Crippen LogP contribution < -0.4 is 10.6 Å². The van der Waals surface area contributed by atoms with Crippen molar-refractivity contribution in [1.29, 1.82) is 0 Å². The van der Waals surface area contributed by atoms with E-state index < -0.39 is 11.9 Å². The fourth-order valence-corrected chi connectivity index (χ4v) is 2.54. The molecule has 2 heterocycles. The van der Waals surface area contributed by atoms with Crippen LogP contribution in [-0.4, -0.2) is 28.7 Å². The maximum Gasteiger partial charge on any atom is 0.263 e. The molecule has 3 amide bonds. The third-order valence-electron chi connectivity index (χ3n) is 2.79. The van der Waals surface area contributed by atoms with E-state index in [0.717, 1.165) is 5.01 Å². The molecule has 1 aliphatic heterocycles. The Kier molecular flexibility index (Phi) is 3.94. The van der Waals surface area contributed by atoms with Crippen LogP contribution in [0, 0.1) is 0 Å². The Morgan fingerprint density at radius 3 is 2.84 bits per heavy atom. The largest absolute Gasteiger partial charge is 0.339 e. The normalized spacial score (nSPS) is 19.4. The van der Waals surface area contributed by atoms with Crippen LogP contribution in [0.1, 0.15) is 47.3 Å². The van der Waals surface area contributed by atoms with Crippen LogP contribution in [0.25, 0.3) is 0 Å².